The molecule has 1 rings (SSSR count). The summed E-state index contributed by atoms with van der Waals surface area (Å²) in [5.74, 6) is 0. The van der Waals surface area contributed by atoms with Crippen LogP contribution in [0.1, 0.15) is 102 Å². The van der Waals surface area contributed by atoms with Crippen LogP contribution in [0.15, 0.2) is 24.5 Å². The highest BCUT2D eigenvalue weighted by atomic mass is 16.3. The summed E-state index contributed by atoms with van der Waals surface area (Å²) in [6, 6.07) is 4.50. The van der Waals surface area contributed by atoms with Gasteiger partial charge in [-0.15, -0.1) is 0 Å². The molecule has 150 valence electrons. The Morgan fingerprint density at radius 1 is 0.769 bits per heavy atom. The van der Waals surface area contributed by atoms with Gasteiger partial charge in [0.05, 0.1) is 0 Å². The van der Waals surface area contributed by atoms with E-state index in [4.69, 9.17) is 9.90 Å². The molecule has 0 aliphatic carbocycles. The van der Waals surface area contributed by atoms with Gasteiger partial charge in [0.15, 0.2) is 12.4 Å². The summed E-state index contributed by atoms with van der Waals surface area (Å²) >= 11 is 0. The fraction of sp³-hybridized carbons (Fsp3) is 0.739. The first-order valence-electron chi connectivity index (χ1n) is 10.7. The first-order valence-corrected chi connectivity index (χ1v) is 10.7. The SMILES string of the molecule is CCCCCCCCCCCCCCCCc1cc[n+](C)cc1.O=C[O-]. The average molecular weight is 364 g/mol. The maximum Gasteiger partial charge on any atom is 0.168 e. The molecule has 0 saturated heterocycles. The van der Waals surface area contributed by atoms with Gasteiger partial charge in [-0.05, 0) is 18.4 Å². The van der Waals surface area contributed by atoms with Gasteiger partial charge in [0.1, 0.15) is 7.05 Å². The molecule has 0 saturated carbocycles. The van der Waals surface area contributed by atoms with Crippen LogP contribution in [-0.4, -0.2) is 6.47 Å². The summed E-state index contributed by atoms with van der Waals surface area (Å²) in [4.78, 5) is 8.25. The third kappa shape index (κ3) is 17.4. The fourth-order valence-corrected chi connectivity index (χ4v) is 3.22. The summed E-state index contributed by atoms with van der Waals surface area (Å²) in [6.07, 6.45) is 25.7. The Kier molecular flexibility index (Phi) is 18.9. The minimum absolute atomic E-state index is 0.500. The minimum atomic E-state index is -0.500. The summed E-state index contributed by atoms with van der Waals surface area (Å²) < 4.78 is 2.11. The van der Waals surface area contributed by atoms with E-state index in [9.17, 15) is 0 Å². The molecule has 0 unspecified atom stereocenters. The maximum absolute atomic E-state index is 8.25. The predicted molar refractivity (Wildman–Crippen MR) is 108 cm³/mol. The Hall–Kier alpha value is -1.38. The van der Waals surface area contributed by atoms with E-state index in [1.165, 1.54) is 102 Å². The van der Waals surface area contributed by atoms with Crippen molar-refractivity contribution in [1.29, 1.82) is 0 Å². The number of hydrogen-bond donors (Lipinski definition) is 0. The lowest BCUT2D eigenvalue weighted by atomic mass is 10.0. The zero-order chi connectivity index (χ0) is 19.3. The van der Waals surface area contributed by atoms with Crippen molar-refractivity contribution in [2.75, 3.05) is 0 Å². The predicted octanol–water partition coefficient (Wildman–Crippen LogP) is 4.90. The second-order valence-corrected chi connectivity index (χ2v) is 7.31. The topological polar surface area (TPSA) is 44.0 Å². The number of rotatable bonds is 15. The Morgan fingerprint density at radius 3 is 1.50 bits per heavy atom. The Labute approximate surface area is 161 Å². The molecule has 1 aromatic rings. The molecule has 26 heavy (non-hydrogen) atoms. The van der Waals surface area contributed by atoms with Crippen molar-refractivity contribution in [1.82, 2.24) is 0 Å². The lowest BCUT2D eigenvalue weighted by molar-refractivity contribution is -0.671. The van der Waals surface area contributed by atoms with Crippen molar-refractivity contribution < 1.29 is 14.5 Å². The van der Waals surface area contributed by atoms with Crippen LogP contribution < -0.4 is 9.67 Å². The number of nitrogens with zero attached hydrogens (tertiary/aromatic N) is 1. The van der Waals surface area contributed by atoms with Gasteiger partial charge >= 0.3 is 0 Å². The van der Waals surface area contributed by atoms with E-state index in [-0.39, 0.29) is 0 Å². The standard InChI is InChI=1S/C22H40N.CH2O2/c1-3-4-5-6-7-8-9-10-11-12-13-14-15-16-17-22-18-20-23(2)21-19-22;2-1-3/h18-21H,3-17H2,1-2H3;1H,(H,2,3)/q+1;/p-1. The van der Waals surface area contributed by atoms with E-state index >= 15 is 0 Å². The molecule has 0 fully saturated rings. The van der Waals surface area contributed by atoms with E-state index in [0.717, 1.165) is 0 Å². The highest BCUT2D eigenvalue weighted by Crippen LogP contribution is 2.13. The molecule has 0 radical (unpaired) electrons. The molecule has 0 spiro atoms. The van der Waals surface area contributed by atoms with Gasteiger partial charge in [-0.3, -0.25) is 0 Å². The van der Waals surface area contributed by atoms with Crippen molar-refractivity contribution in [3.63, 3.8) is 0 Å². The van der Waals surface area contributed by atoms with Crippen molar-refractivity contribution in [3.8, 4) is 0 Å². The van der Waals surface area contributed by atoms with Gasteiger partial charge in [0.25, 0.3) is 0 Å². The molecule has 0 aliphatic heterocycles. The molecule has 1 aromatic heterocycles. The zero-order valence-electron chi connectivity index (χ0n) is 17.3. The summed E-state index contributed by atoms with van der Waals surface area (Å²) in [5.41, 5.74) is 1.49. The first-order chi connectivity index (χ1) is 12.7. The lowest BCUT2D eigenvalue weighted by Crippen LogP contribution is -2.25. The smallest absolute Gasteiger partial charge is 0.168 e. The van der Waals surface area contributed by atoms with Gasteiger partial charge in [0, 0.05) is 18.6 Å². The third-order valence-electron chi connectivity index (χ3n) is 4.87. The van der Waals surface area contributed by atoms with Crippen molar-refractivity contribution >= 4 is 6.47 Å². The van der Waals surface area contributed by atoms with Crippen molar-refractivity contribution in [2.45, 2.75) is 103 Å². The van der Waals surface area contributed by atoms with E-state index in [1.54, 1.807) is 0 Å². The number of carbonyl (C=O) groups is 1. The molecule has 0 aliphatic rings. The van der Waals surface area contributed by atoms with Gasteiger partial charge in [-0.2, -0.15) is 0 Å². The van der Waals surface area contributed by atoms with Crippen LogP contribution >= 0.6 is 0 Å². The number of carbonyl (C=O) groups excluding carboxylic acids is 1. The number of hydrogen-bond acceptors (Lipinski definition) is 2. The minimum Gasteiger partial charge on any atom is -0.554 e. The molecule has 0 aromatic carbocycles. The highest BCUT2D eigenvalue weighted by Gasteiger charge is 1.97. The van der Waals surface area contributed by atoms with Gasteiger partial charge in [-0.1, -0.05) is 90.4 Å². The number of carboxylic acid groups (broad SMARTS) is 1. The van der Waals surface area contributed by atoms with E-state index in [1.807, 2.05) is 0 Å². The van der Waals surface area contributed by atoms with E-state index < -0.39 is 6.47 Å². The normalized spacial score (nSPS) is 10.2. The van der Waals surface area contributed by atoms with Crippen LogP contribution in [0.25, 0.3) is 0 Å². The number of aryl methyl sites for hydroxylation is 2. The first kappa shape index (κ1) is 24.6. The quantitative estimate of drug-likeness (QED) is 0.253. The van der Waals surface area contributed by atoms with Crippen LogP contribution in [0.3, 0.4) is 0 Å². The molecular formula is C23H41NO2. The lowest BCUT2D eigenvalue weighted by Gasteiger charge is -2.03. The van der Waals surface area contributed by atoms with Crippen molar-refractivity contribution in [3.05, 3.63) is 30.1 Å². The number of unbranched alkanes of at least 4 members (excludes halogenated alkanes) is 13. The van der Waals surface area contributed by atoms with Crippen LogP contribution in [0.4, 0.5) is 0 Å². The molecule has 0 amide bonds. The third-order valence-corrected chi connectivity index (χ3v) is 4.87. The van der Waals surface area contributed by atoms with Gasteiger partial charge < -0.3 is 9.90 Å². The molecule has 1 heterocycles. The van der Waals surface area contributed by atoms with Crippen LogP contribution in [-0.2, 0) is 18.3 Å². The number of pyridine rings is 1. The van der Waals surface area contributed by atoms with Crippen LogP contribution in [0.5, 0.6) is 0 Å². The maximum atomic E-state index is 8.25. The Balaban J connectivity index is 0.00000194. The highest BCUT2D eigenvalue weighted by molar-refractivity contribution is 5.29. The molecule has 0 atom stereocenters. The second-order valence-electron chi connectivity index (χ2n) is 7.31. The summed E-state index contributed by atoms with van der Waals surface area (Å²) in [7, 11) is 2.08. The largest absolute Gasteiger partial charge is 0.554 e. The van der Waals surface area contributed by atoms with Crippen molar-refractivity contribution in [2.24, 2.45) is 7.05 Å². The summed E-state index contributed by atoms with van der Waals surface area (Å²) in [6.45, 7) is 1.79. The molecule has 0 bridgehead atoms. The van der Waals surface area contributed by atoms with E-state index in [0.29, 0.717) is 0 Å². The fourth-order valence-electron chi connectivity index (χ4n) is 3.22. The van der Waals surface area contributed by atoms with Crippen LogP contribution in [0, 0.1) is 0 Å². The molecule has 3 heteroatoms. The Morgan fingerprint density at radius 2 is 1.12 bits per heavy atom. The Bertz CT molecular complexity index is 403. The van der Waals surface area contributed by atoms with Gasteiger partial charge in [0.2, 0.25) is 0 Å². The molecule has 3 nitrogen and oxygen atoms in total. The number of aromatic nitrogens is 1. The average Bonchev–Trinajstić information content (AvgIpc) is 2.64. The molecule has 0 N–H and O–H groups in total. The zero-order valence-corrected chi connectivity index (χ0v) is 17.3. The van der Waals surface area contributed by atoms with Gasteiger partial charge in [-0.25, -0.2) is 4.57 Å². The summed E-state index contributed by atoms with van der Waals surface area (Å²) in [5, 5.41) is 8.25. The second kappa shape index (κ2) is 19.9. The monoisotopic (exact) mass is 363 g/mol. The molecular weight excluding hydrogens is 322 g/mol. The van der Waals surface area contributed by atoms with E-state index in [2.05, 4.69) is 43.1 Å². The van der Waals surface area contributed by atoms with Crippen LogP contribution in [0.2, 0.25) is 0 Å².